The molecule has 1 saturated heterocycles. The first-order chi connectivity index (χ1) is 17.9. The van der Waals surface area contributed by atoms with E-state index in [1.807, 2.05) is 0 Å². The summed E-state index contributed by atoms with van der Waals surface area (Å²) in [5.41, 5.74) is 5.19. The highest BCUT2D eigenvalue weighted by molar-refractivity contribution is 8.00. The normalized spacial score (nSPS) is 20.0. The standard InChI is InChI=1S/C21H18F3N5O7S2/c1-8-11(36-20(33)35-8)5-34-18(32)14-9(3-4-21(22,23)24)6-37-17-13(16(31)29(14)17)28-15(30)12(26-2)10-7-38-19(25)27-10/h3-4,7,13,17H,5-6H2,1-2H3,(H2,25,27)(H,28,30)/t13?,17-/m1/s1. The zero-order chi connectivity index (χ0) is 27.8. The zero-order valence-electron chi connectivity index (χ0n) is 19.5. The highest BCUT2D eigenvalue weighted by atomic mass is 32.2. The number of aromatic nitrogens is 1. The van der Waals surface area contributed by atoms with Gasteiger partial charge in [-0.25, -0.2) is 14.6 Å². The molecular formula is C21H18F3N5O7S2. The first-order valence-corrected chi connectivity index (χ1v) is 12.5. The van der Waals surface area contributed by atoms with Crippen molar-refractivity contribution in [2.45, 2.75) is 31.1 Å². The van der Waals surface area contributed by atoms with Gasteiger partial charge in [-0.2, -0.15) is 13.2 Å². The number of halogens is 3. The number of esters is 1. The fourth-order valence-corrected chi connectivity index (χ4v) is 5.47. The van der Waals surface area contributed by atoms with Crippen LogP contribution in [-0.2, 0) is 25.7 Å². The SMILES string of the molecule is CN=C(C(=O)NC1C(=O)N2C(C(=O)OCc3oc(=O)oc3C)=C(C=CC(F)(F)F)CS[C@H]12)c1csc(N)n1. The Morgan fingerprint density at radius 2 is 2.11 bits per heavy atom. The Kier molecular flexibility index (Phi) is 7.50. The minimum Gasteiger partial charge on any atom is -0.453 e. The van der Waals surface area contributed by atoms with Gasteiger partial charge in [-0.1, -0.05) is 6.08 Å². The number of aryl methyl sites for hydroxylation is 1. The lowest BCUT2D eigenvalue weighted by Crippen LogP contribution is -2.71. The van der Waals surface area contributed by atoms with E-state index in [9.17, 15) is 32.3 Å². The van der Waals surface area contributed by atoms with E-state index >= 15 is 0 Å². The van der Waals surface area contributed by atoms with Crippen molar-refractivity contribution in [1.29, 1.82) is 0 Å². The number of thiazole rings is 1. The van der Waals surface area contributed by atoms with Gasteiger partial charge in [0.25, 0.3) is 11.8 Å². The summed E-state index contributed by atoms with van der Waals surface area (Å²) >= 11 is 2.13. The fraction of sp³-hybridized carbons (Fsp3) is 0.333. The maximum Gasteiger partial charge on any atom is 0.519 e. The van der Waals surface area contributed by atoms with Crippen LogP contribution in [0.3, 0.4) is 0 Å². The number of rotatable bonds is 7. The molecule has 1 unspecified atom stereocenters. The lowest BCUT2D eigenvalue weighted by molar-refractivity contribution is -0.153. The second-order valence-corrected chi connectivity index (χ2v) is 9.76. The van der Waals surface area contributed by atoms with Crippen molar-refractivity contribution in [2.24, 2.45) is 4.99 Å². The van der Waals surface area contributed by atoms with Gasteiger partial charge in [0, 0.05) is 24.3 Å². The largest absolute Gasteiger partial charge is 0.519 e. The lowest BCUT2D eigenvalue weighted by atomic mass is 10.0. The molecule has 2 aliphatic heterocycles. The Labute approximate surface area is 219 Å². The summed E-state index contributed by atoms with van der Waals surface area (Å²) in [6.07, 6.45) is -4.06. The Hall–Kier alpha value is -3.86. The molecule has 0 saturated carbocycles. The molecule has 0 radical (unpaired) electrons. The molecule has 0 aromatic carbocycles. The molecule has 0 aliphatic carbocycles. The van der Waals surface area contributed by atoms with Crippen LogP contribution in [0.15, 0.2) is 47.4 Å². The second-order valence-electron chi connectivity index (χ2n) is 7.76. The summed E-state index contributed by atoms with van der Waals surface area (Å²) in [5, 5.41) is 3.44. The number of ether oxygens (including phenoxy) is 1. The third-order valence-corrected chi connectivity index (χ3v) is 7.30. The van der Waals surface area contributed by atoms with Crippen LogP contribution in [0.4, 0.5) is 18.3 Å². The van der Waals surface area contributed by atoms with E-state index in [4.69, 9.17) is 14.9 Å². The molecule has 202 valence electrons. The number of amides is 2. The van der Waals surface area contributed by atoms with Crippen LogP contribution in [-0.4, -0.2) is 63.8 Å². The van der Waals surface area contributed by atoms with Crippen molar-refractivity contribution in [1.82, 2.24) is 15.2 Å². The van der Waals surface area contributed by atoms with E-state index < -0.39 is 53.5 Å². The predicted octanol–water partition coefficient (Wildman–Crippen LogP) is 1.51. The third kappa shape index (κ3) is 5.52. The van der Waals surface area contributed by atoms with Crippen LogP contribution in [0, 0.1) is 6.92 Å². The summed E-state index contributed by atoms with van der Waals surface area (Å²) < 4.78 is 53.1. The van der Waals surface area contributed by atoms with Crippen molar-refractivity contribution in [3.63, 3.8) is 0 Å². The molecule has 2 atom stereocenters. The number of allylic oxidation sites excluding steroid dienone is 2. The van der Waals surface area contributed by atoms with Crippen LogP contribution < -0.4 is 16.9 Å². The molecule has 4 rings (SSSR count). The van der Waals surface area contributed by atoms with Gasteiger partial charge in [0.1, 0.15) is 28.5 Å². The maximum absolute atomic E-state index is 13.0. The molecular weight excluding hydrogens is 555 g/mol. The number of aliphatic imine (C=N–C) groups is 1. The van der Waals surface area contributed by atoms with Crippen molar-refractivity contribution >= 4 is 51.7 Å². The summed E-state index contributed by atoms with van der Waals surface area (Å²) in [6.45, 7) is 0.821. The number of hydrogen-bond acceptors (Lipinski definition) is 12. The van der Waals surface area contributed by atoms with E-state index in [0.29, 0.717) is 6.08 Å². The molecule has 3 N–H and O–H groups in total. The number of carbonyl (C=O) groups is 3. The van der Waals surface area contributed by atoms with E-state index in [-0.39, 0.29) is 45.5 Å². The van der Waals surface area contributed by atoms with Gasteiger partial charge >= 0.3 is 18.0 Å². The van der Waals surface area contributed by atoms with E-state index in [0.717, 1.165) is 28.0 Å². The first-order valence-electron chi connectivity index (χ1n) is 10.6. The molecule has 4 heterocycles. The Morgan fingerprint density at radius 1 is 1.37 bits per heavy atom. The first kappa shape index (κ1) is 27.2. The zero-order valence-corrected chi connectivity index (χ0v) is 21.2. The summed E-state index contributed by atoms with van der Waals surface area (Å²) in [7, 11) is 1.36. The summed E-state index contributed by atoms with van der Waals surface area (Å²) in [5.74, 6) is -3.79. The molecule has 17 heteroatoms. The smallest absolute Gasteiger partial charge is 0.453 e. The number of nitrogens with two attached hydrogens (primary N) is 1. The minimum absolute atomic E-state index is 0.0455. The van der Waals surface area contributed by atoms with Gasteiger partial charge in [0.05, 0.1) is 0 Å². The van der Waals surface area contributed by atoms with Crippen LogP contribution in [0.1, 0.15) is 17.2 Å². The number of anilines is 1. The van der Waals surface area contributed by atoms with Crippen molar-refractivity contribution in [3.8, 4) is 0 Å². The minimum atomic E-state index is -4.68. The number of β-lactam (4-membered cyclic amide) rings is 1. The fourth-order valence-electron chi connectivity index (χ4n) is 3.60. The van der Waals surface area contributed by atoms with Crippen molar-refractivity contribution in [3.05, 3.63) is 56.6 Å². The number of nitrogen functional groups attached to an aromatic ring is 1. The highest BCUT2D eigenvalue weighted by Gasteiger charge is 2.54. The van der Waals surface area contributed by atoms with Crippen LogP contribution in [0.2, 0.25) is 0 Å². The molecule has 2 aromatic heterocycles. The number of thioether (sulfide) groups is 1. The van der Waals surface area contributed by atoms with Crippen molar-refractivity contribution in [2.75, 3.05) is 18.5 Å². The maximum atomic E-state index is 13.0. The topological polar surface area (TPSA) is 170 Å². The Bertz CT molecular complexity index is 1440. The van der Waals surface area contributed by atoms with E-state index in [2.05, 4.69) is 19.7 Å². The molecule has 2 aromatic rings. The second kappa shape index (κ2) is 10.5. The van der Waals surface area contributed by atoms with Gasteiger partial charge in [-0.05, 0) is 12.5 Å². The van der Waals surface area contributed by atoms with E-state index in [1.54, 1.807) is 0 Å². The van der Waals surface area contributed by atoms with Crippen molar-refractivity contribution < 1.29 is 41.1 Å². The number of fused-ring (bicyclic) bond motifs is 1. The lowest BCUT2D eigenvalue weighted by Gasteiger charge is -2.49. The van der Waals surface area contributed by atoms with Crippen LogP contribution >= 0.6 is 23.1 Å². The molecule has 0 spiro atoms. The van der Waals surface area contributed by atoms with E-state index in [1.165, 1.54) is 19.4 Å². The van der Waals surface area contributed by atoms with Gasteiger partial charge in [0.2, 0.25) is 0 Å². The number of alkyl halides is 3. The molecule has 2 amide bonds. The summed E-state index contributed by atoms with van der Waals surface area (Å²) in [4.78, 5) is 58.9. The van der Waals surface area contributed by atoms with Gasteiger partial charge in [-0.15, -0.1) is 23.1 Å². The predicted molar refractivity (Wildman–Crippen MR) is 128 cm³/mol. The molecule has 12 nitrogen and oxygen atoms in total. The Morgan fingerprint density at radius 3 is 2.68 bits per heavy atom. The monoisotopic (exact) mass is 573 g/mol. The van der Waals surface area contributed by atoms with Crippen LogP contribution in [0.25, 0.3) is 0 Å². The van der Waals surface area contributed by atoms with Gasteiger partial charge in [-0.3, -0.25) is 19.5 Å². The third-order valence-electron chi connectivity index (χ3n) is 5.32. The number of nitrogens with one attached hydrogen (secondary N) is 1. The molecule has 0 bridgehead atoms. The highest BCUT2D eigenvalue weighted by Crippen LogP contribution is 2.41. The van der Waals surface area contributed by atoms with Gasteiger partial charge < -0.3 is 24.6 Å². The number of carbonyl (C=O) groups excluding carboxylic acids is 3. The summed E-state index contributed by atoms with van der Waals surface area (Å²) in [6, 6.07) is -1.11. The molecule has 38 heavy (non-hydrogen) atoms. The molecule has 1 fully saturated rings. The quantitative estimate of drug-likeness (QED) is 0.281. The Balaban J connectivity index is 1.56. The van der Waals surface area contributed by atoms with Crippen LogP contribution in [0.5, 0.6) is 0 Å². The number of hydrogen-bond donors (Lipinski definition) is 2. The molecule has 2 aliphatic rings. The number of nitrogens with zero attached hydrogens (tertiary/aromatic N) is 3. The van der Waals surface area contributed by atoms with Gasteiger partial charge in [0.15, 0.2) is 23.3 Å². The average molecular weight is 574 g/mol. The average Bonchev–Trinajstić information content (AvgIpc) is 3.42.